The number of nitrogens with zero attached hydrogens (tertiary/aromatic N) is 6. The maximum atomic E-state index is 9.28. The lowest BCUT2D eigenvalue weighted by molar-refractivity contribution is 0.187. The zero-order valence-electron chi connectivity index (χ0n) is 22.8. The number of fused-ring (bicyclic) bond motifs is 2. The molecule has 0 amide bonds. The molecule has 0 unspecified atom stereocenters. The van der Waals surface area contributed by atoms with Crippen molar-refractivity contribution in [3.8, 4) is 12.1 Å². The molecule has 39 heavy (non-hydrogen) atoms. The molecule has 6 rings (SSSR count). The number of likely N-dealkylation sites (N-methyl/N-ethyl adjacent to an activating group) is 1. The smallest absolute Gasteiger partial charge is 0.318 e. The van der Waals surface area contributed by atoms with Crippen LogP contribution in [0.3, 0.4) is 0 Å². The first-order valence-corrected chi connectivity index (χ1v) is 14.4. The number of hydrogen-bond acceptors (Lipinski definition) is 8. The zero-order chi connectivity index (χ0) is 26.9. The molecule has 2 aromatic carbocycles. The van der Waals surface area contributed by atoms with Crippen LogP contribution < -0.4 is 19.9 Å². The van der Waals surface area contributed by atoms with Crippen molar-refractivity contribution in [2.45, 2.75) is 51.2 Å². The molecular weight excluding hydrogens is 510 g/mol. The Labute approximate surface area is 235 Å². The molecule has 8 nitrogen and oxygen atoms in total. The predicted octanol–water partition coefficient (Wildman–Crippen LogP) is 4.32. The van der Waals surface area contributed by atoms with Crippen LogP contribution in [0, 0.1) is 18.3 Å². The highest BCUT2D eigenvalue weighted by molar-refractivity contribution is 6.36. The Morgan fingerprint density at radius 2 is 2.05 bits per heavy atom. The topological polar surface area (TPSA) is 80.6 Å². The van der Waals surface area contributed by atoms with Crippen LogP contribution in [-0.4, -0.2) is 73.3 Å². The summed E-state index contributed by atoms with van der Waals surface area (Å²) in [5, 5.41) is 15.8. The van der Waals surface area contributed by atoms with Crippen molar-refractivity contribution in [3.63, 3.8) is 0 Å². The molecule has 4 heterocycles. The molecule has 3 aliphatic heterocycles. The molecule has 0 radical (unpaired) electrons. The second kappa shape index (κ2) is 11.2. The minimum absolute atomic E-state index is 0.132. The van der Waals surface area contributed by atoms with Gasteiger partial charge in [-0.3, -0.25) is 0 Å². The number of likely N-dealkylation sites (tertiary alicyclic amines) is 1. The Morgan fingerprint density at radius 1 is 1.15 bits per heavy atom. The zero-order valence-corrected chi connectivity index (χ0v) is 23.5. The van der Waals surface area contributed by atoms with E-state index in [1.165, 1.54) is 22.9 Å². The van der Waals surface area contributed by atoms with Crippen molar-refractivity contribution in [3.05, 3.63) is 52.2 Å². The molecule has 2 atom stereocenters. The fourth-order valence-corrected chi connectivity index (χ4v) is 6.56. The molecule has 2 fully saturated rings. The van der Waals surface area contributed by atoms with E-state index in [-0.39, 0.29) is 6.04 Å². The maximum absolute atomic E-state index is 9.28. The van der Waals surface area contributed by atoms with Gasteiger partial charge in [0, 0.05) is 54.9 Å². The second-order valence-corrected chi connectivity index (χ2v) is 11.4. The van der Waals surface area contributed by atoms with Crippen LogP contribution >= 0.6 is 11.6 Å². The molecule has 1 N–H and O–H groups in total. The highest BCUT2D eigenvalue weighted by atomic mass is 35.5. The van der Waals surface area contributed by atoms with Gasteiger partial charge < -0.3 is 24.8 Å². The number of piperazine rings is 1. The molecular formula is C30H36ClN7O. The van der Waals surface area contributed by atoms with Gasteiger partial charge in [0.05, 0.1) is 29.8 Å². The number of aryl methyl sites for hydroxylation is 1. The average Bonchev–Trinajstić information content (AvgIpc) is 3.37. The fourth-order valence-electron chi connectivity index (χ4n) is 6.30. The summed E-state index contributed by atoms with van der Waals surface area (Å²) in [5.74, 6) is 0.964. The van der Waals surface area contributed by atoms with Gasteiger partial charge >= 0.3 is 6.01 Å². The van der Waals surface area contributed by atoms with Crippen LogP contribution in [0.5, 0.6) is 6.01 Å². The lowest BCUT2D eigenvalue weighted by Gasteiger charge is -2.37. The van der Waals surface area contributed by atoms with Crippen molar-refractivity contribution < 1.29 is 4.74 Å². The highest BCUT2D eigenvalue weighted by Crippen LogP contribution is 2.38. The molecule has 3 aromatic rings. The minimum atomic E-state index is 0.132. The number of halogens is 1. The monoisotopic (exact) mass is 545 g/mol. The van der Waals surface area contributed by atoms with Gasteiger partial charge in [-0.05, 0) is 62.9 Å². The SMILES string of the molecule is Cc1ccc(Cl)c2c(N3CCc4c(nc(OC[C@@H]5CCCN5C)nc4N4CCN[C@@H](CC#N)C4)C3)cccc12. The Morgan fingerprint density at radius 3 is 2.87 bits per heavy atom. The van der Waals surface area contributed by atoms with E-state index in [1.807, 2.05) is 6.07 Å². The third-order valence-electron chi connectivity index (χ3n) is 8.52. The minimum Gasteiger partial charge on any atom is -0.462 e. The lowest BCUT2D eigenvalue weighted by atomic mass is 10.00. The molecule has 2 saturated heterocycles. The first-order valence-electron chi connectivity index (χ1n) is 14.0. The summed E-state index contributed by atoms with van der Waals surface area (Å²) in [7, 11) is 2.16. The molecule has 0 saturated carbocycles. The summed E-state index contributed by atoms with van der Waals surface area (Å²) in [6, 6.07) is 13.8. The first kappa shape index (κ1) is 26.1. The van der Waals surface area contributed by atoms with Gasteiger partial charge in [-0.15, -0.1) is 0 Å². The largest absolute Gasteiger partial charge is 0.462 e. The van der Waals surface area contributed by atoms with E-state index >= 15 is 0 Å². The van der Waals surface area contributed by atoms with Crippen LogP contribution in [0.1, 0.15) is 36.1 Å². The van der Waals surface area contributed by atoms with E-state index in [0.29, 0.717) is 31.6 Å². The molecule has 1 aromatic heterocycles. The third-order valence-corrected chi connectivity index (χ3v) is 8.83. The number of ether oxygens (including phenoxy) is 1. The van der Waals surface area contributed by atoms with E-state index in [2.05, 4.69) is 64.3 Å². The molecule has 9 heteroatoms. The molecule has 0 aliphatic carbocycles. The van der Waals surface area contributed by atoms with Gasteiger partial charge in [-0.25, -0.2) is 0 Å². The fraction of sp³-hybridized carbons (Fsp3) is 0.500. The Balaban J connectivity index is 1.35. The predicted molar refractivity (Wildman–Crippen MR) is 156 cm³/mol. The highest BCUT2D eigenvalue weighted by Gasteiger charge is 2.30. The summed E-state index contributed by atoms with van der Waals surface area (Å²) >= 11 is 6.75. The number of anilines is 2. The Bertz CT molecular complexity index is 1410. The third kappa shape index (κ3) is 5.23. The number of aromatic nitrogens is 2. The number of nitrogens with one attached hydrogen (secondary N) is 1. The van der Waals surface area contributed by atoms with Crippen LogP contribution in [0.15, 0.2) is 30.3 Å². The van der Waals surface area contributed by atoms with Crippen molar-refractivity contribution in [1.29, 1.82) is 5.26 Å². The van der Waals surface area contributed by atoms with Gasteiger partial charge in [-0.1, -0.05) is 29.8 Å². The summed E-state index contributed by atoms with van der Waals surface area (Å²) < 4.78 is 6.28. The van der Waals surface area contributed by atoms with E-state index in [0.717, 1.165) is 73.2 Å². The van der Waals surface area contributed by atoms with E-state index < -0.39 is 0 Å². The molecule has 3 aliphatic rings. The molecule has 204 valence electrons. The normalized spacial score (nSPS) is 21.7. The van der Waals surface area contributed by atoms with Crippen molar-refractivity contribution in [1.82, 2.24) is 20.2 Å². The van der Waals surface area contributed by atoms with Gasteiger partial charge in [0.2, 0.25) is 0 Å². The van der Waals surface area contributed by atoms with Gasteiger partial charge in [0.15, 0.2) is 0 Å². The lowest BCUT2D eigenvalue weighted by Crippen LogP contribution is -2.51. The van der Waals surface area contributed by atoms with Crippen molar-refractivity contribution in [2.75, 3.05) is 56.2 Å². The quantitative estimate of drug-likeness (QED) is 0.490. The van der Waals surface area contributed by atoms with Crippen LogP contribution in [-0.2, 0) is 13.0 Å². The summed E-state index contributed by atoms with van der Waals surface area (Å²) in [6.45, 7) is 7.78. The van der Waals surface area contributed by atoms with Crippen LogP contribution in [0.25, 0.3) is 10.8 Å². The van der Waals surface area contributed by atoms with Crippen LogP contribution in [0.4, 0.5) is 11.5 Å². The molecule has 0 bridgehead atoms. The second-order valence-electron chi connectivity index (χ2n) is 11.0. The Kier molecular flexibility index (Phi) is 7.48. The van der Waals surface area contributed by atoms with E-state index in [4.69, 9.17) is 26.3 Å². The van der Waals surface area contributed by atoms with Gasteiger partial charge in [-0.2, -0.15) is 15.2 Å². The van der Waals surface area contributed by atoms with Gasteiger partial charge in [0.1, 0.15) is 12.4 Å². The number of benzene rings is 2. The Hall–Kier alpha value is -3.12. The summed E-state index contributed by atoms with van der Waals surface area (Å²) in [6.07, 6.45) is 3.65. The molecule has 0 spiro atoms. The number of rotatable bonds is 6. The maximum Gasteiger partial charge on any atom is 0.318 e. The van der Waals surface area contributed by atoms with E-state index in [9.17, 15) is 5.26 Å². The summed E-state index contributed by atoms with van der Waals surface area (Å²) in [4.78, 5) is 17.0. The number of hydrogen-bond donors (Lipinski definition) is 1. The van der Waals surface area contributed by atoms with E-state index in [1.54, 1.807) is 0 Å². The standard InChI is InChI=1S/C30H36ClN7O/c1-20-8-9-25(31)28-23(20)6-3-7-27(28)37-15-11-24-26(18-37)34-30(39-19-22-5-4-14-36(22)2)35-29(24)38-16-13-33-21(17-38)10-12-32/h3,6-9,21-22,33H,4-5,10-11,13-19H2,1-2H3/t21-,22-/m0/s1. The van der Waals surface area contributed by atoms with Crippen molar-refractivity contribution >= 4 is 33.9 Å². The van der Waals surface area contributed by atoms with Crippen LogP contribution in [0.2, 0.25) is 5.02 Å². The first-order chi connectivity index (χ1) is 19.0. The summed E-state index contributed by atoms with van der Waals surface area (Å²) in [5.41, 5.74) is 4.56. The van der Waals surface area contributed by atoms with Crippen molar-refractivity contribution in [2.24, 2.45) is 0 Å². The average molecular weight is 546 g/mol. The number of nitriles is 1. The van der Waals surface area contributed by atoms with Gasteiger partial charge in [0.25, 0.3) is 0 Å².